The lowest BCUT2D eigenvalue weighted by molar-refractivity contribution is 0.321. The van der Waals surface area contributed by atoms with Crippen molar-refractivity contribution < 1.29 is 14.2 Å². The van der Waals surface area contributed by atoms with E-state index in [0.717, 1.165) is 22.6 Å². The Labute approximate surface area is 153 Å². The zero-order valence-corrected chi connectivity index (χ0v) is 15.2. The Balaban J connectivity index is 1.66. The van der Waals surface area contributed by atoms with E-state index in [4.69, 9.17) is 14.2 Å². The molecule has 6 heteroatoms. The van der Waals surface area contributed by atoms with Crippen molar-refractivity contribution in [2.45, 2.75) is 13.1 Å². The maximum atomic E-state index is 5.51. The summed E-state index contributed by atoms with van der Waals surface area (Å²) >= 11 is 0. The van der Waals surface area contributed by atoms with Gasteiger partial charge in [-0.3, -0.25) is 0 Å². The van der Waals surface area contributed by atoms with Gasteiger partial charge in [-0.2, -0.15) is 0 Å². The first-order valence-corrected chi connectivity index (χ1v) is 8.34. The topological polar surface area (TPSA) is 68.4 Å². The second-order valence-corrected chi connectivity index (χ2v) is 5.71. The highest BCUT2D eigenvalue weighted by atomic mass is 16.5. The molecule has 2 aromatic carbocycles. The summed E-state index contributed by atoms with van der Waals surface area (Å²) in [6.45, 7) is 1.23. The predicted octanol–water partition coefficient (Wildman–Crippen LogP) is 3.39. The molecule has 3 aromatic rings. The molecule has 3 rings (SSSR count). The molecule has 0 saturated carbocycles. The maximum absolute atomic E-state index is 5.51. The molecular formula is C20H23N3O3. The van der Waals surface area contributed by atoms with Gasteiger partial charge in [0.1, 0.15) is 5.82 Å². The van der Waals surface area contributed by atoms with Crippen molar-refractivity contribution in [1.29, 1.82) is 0 Å². The van der Waals surface area contributed by atoms with Crippen LogP contribution in [0.5, 0.6) is 17.2 Å². The Hall–Kier alpha value is -2.99. The Bertz CT molecular complexity index is 847. The van der Waals surface area contributed by atoms with Crippen LogP contribution in [0, 0.1) is 0 Å². The monoisotopic (exact) mass is 353 g/mol. The summed E-state index contributed by atoms with van der Waals surface area (Å²) in [5.41, 5.74) is 3.11. The highest BCUT2D eigenvalue weighted by molar-refractivity contribution is 5.58. The van der Waals surface area contributed by atoms with Gasteiger partial charge in [0.2, 0.25) is 5.75 Å². The smallest absolute Gasteiger partial charge is 0.203 e. The van der Waals surface area contributed by atoms with Gasteiger partial charge in [-0.15, -0.1) is 0 Å². The third kappa shape index (κ3) is 3.81. The van der Waals surface area contributed by atoms with Gasteiger partial charge >= 0.3 is 0 Å². The van der Waals surface area contributed by atoms with Crippen LogP contribution < -0.4 is 19.5 Å². The molecule has 0 radical (unpaired) electrons. The van der Waals surface area contributed by atoms with Gasteiger partial charge in [-0.05, 0) is 11.6 Å². The summed E-state index contributed by atoms with van der Waals surface area (Å²) in [4.78, 5) is 7.77. The number of H-pyrrole nitrogens is 1. The molecule has 0 amide bonds. The number of imidazole rings is 1. The highest BCUT2D eigenvalue weighted by Gasteiger charge is 2.15. The standard InChI is InChI=1S/C20H23N3O3/c1-24-17-10-9-15(19(25-2)20(17)26-3)11-21-13-18-22-12-16(23-18)14-7-5-4-6-8-14/h4-10,12,21H,11,13H2,1-3H3,(H,22,23). The Morgan fingerprint density at radius 1 is 0.885 bits per heavy atom. The Morgan fingerprint density at radius 2 is 1.65 bits per heavy atom. The number of nitrogens with zero attached hydrogens (tertiary/aromatic N) is 1. The van der Waals surface area contributed by atoms with E-state index in [-0.39, 0.29) is 0 Å². The van der Waals surface area contributed by atoms with Crippen LogP contribution in [-0.4, -0.2) is 31.3 Å². The Kier molecular flexibility index (Phi) is 5.76. The minimum atomic E-state index is 0.596. The molecule has 0 atom stereocenters. The summed E-state index contributed by atoms with van der Waals surface area (Å²) in [6, 6.07) is 14.0. The van der Waals surface area contributed by atoms with Crippen LogP contribution in [0.4, 0.5) is 0 Å². The number of nitrogens with one attached hydrogen (secondary N) is 2. The number of hydrogen-bond acceptors (Lipinski definition) is 5. The fourth-order valence-corrected chi connectivity index (χ4v) is 2.83. The summed E-state index contributed by atoms with van der Waals surface area (Å²) in [6.07, 6.45) is 1.85. The molecule has 0 aliphatic carbocycles. The van der Waals surface area contributed by atoms with Crippen molar-refractivity contribution in [3.8, 4) is 28.5 Å². The van der Waals surface area contributed by atoms with E-state index in [1.165, 1.54) is 0 Å². The summed E-state index contributed by atoms with van der Waals surface area (Å²) in [5, 5.41) is 3.38. The number of rotatable bonds is 8. The molecule has 2 N–H and O–H groups in total. The van der Waals surface area contributed by atoms with Crippen molar-refractivity contribution in [3.63, 3.8) is 0 Å². The van der Waals surface area contributed by atoms with Crippen molar-refractivity contribution in [2.75, 3.05) is 21.3 Å². The maximum Gasteiger partial charge on any atom is 0.203 e. The quantitative estimate of drug-likeness (QED) is 0.650. The second-order valence-electron chi connectivity index (χ2n) is 5.71. The molecule has 26 heavy (non-hydrogen) atoms. The van der Waals surface area contributed by atoms with Crippen molar-refractivity contribution in [2.24, 2.45) is 0 Å². The van der Waals surface area contributed by atoms with Gasteiger partial charge in [-0.25, -0.2) is 4.98 Å². The fraction of sp³-hybridized carbons (Fsp3) is 0.250. The van der Waals surface area contributed by atoms with E-state index in [1.54, 1.807) is 21.3 Å². The van der Waals surface area contributed by atoms with Crippen LogP contribution in [0.2, 0.25) is 0 Å². The molecule has 6 nitrogen and oxygen atoms in total. The SMILES string of the molecule is COc1ccc(CNCc2ncc(-c3ccccc3)[nH]2)c(OC)c1OC. The van der Waals surface area contributed by atoms with Crippen LogP contribution in [-0.2, 0) is 13.1 Å². The first-order valence-electron chi connectivity index (χ1n) is 8.34. The lowest BCUT2D eigenvalue weighted by atomic mass is 10.1. The second kappa shape index (κ2) is 8.40. The average Bonchev–Trinajstić information content (AvgIpc) is 3.17. The van der Waals surface area contributed by atoms with E-state index in [2.05, 4.69) is 27.4 Å². The van der Waals surface area contributed by atoms with Crippen LogP contribution in [0.25, 0.3) is 11.3 Å². The molecule has 1 aromatic heterocycles. The summed E-state index contributed by atoms with van der Waals surface area (Å²) in [7, 11) is 4.83. The van der Waals surface area contributed by atoms with Crippen molar-refractivity contribution >= 4 is 0 Å². The minimum absolute atomic E-state index is 0.596. The summed E-state index contributed by atoms with van der Waals surface area (Å²) in [5.74, 6) is 2.79. The van der Waals surface area contributed by atoms with E-state index >= 15 is 0 Å². The molecule has 0 saturated heterocycles. The Morgan fingerprint density at radius 3 is 2.35 bits per heavy atom. The van der Waals surface area contributed by atoms with Crippen LogP contribution in [0.1, 0.15) is 11.4 Å². The lowest BCUT2D eigenvalue weighted by Crippen LogP contribution is -2.14. The molecule has 0 bridgehead atoms. The van der Waals surface area contributed by atoms with Crippen molar-refractivity contribution in [1.82, 2.24) is 15.3 Å². The minimum Gasteiger partial charge on any atom is -0.493 e. The third-order valence-electron chi connectivity index (χ3n) is 4.11. The first kappa shape index (κ1) is 17.8. The van der Waals surface area contributed by atoms with Crippen LogP contribution >= 0.6 is 0 Å². The van der Waals surface area contributed by atoms with Gasteiger partial charge in [-0.1, -0.05) is 36.4 Å². The largest absolute Gasteiger partial charge is 0.493 e. The first-order chi connectivity index (χ1) is 12.8. The fourth-order valence-electron chi connectivity index (χ4n) is 2.83. The predicted molar refractivity (Wildman–Crippen MR) is 101 cm³/mol. The highest BCUT2D eigenvalue weighted by Crippen LogP contribution is 2.39. The van der Waals surface area contributed by atoms with Gasteiger partial charge in [0.15, 0.2) is 11.5 Å². The normalized spacial score (nSPS) is 10.6. The average molecular weight is 353 g/mol. The molecule has 1 heterocycles. The van der Waals surface area contributed by atoms with Crippen molar-refractivity contribution in [3.05, 3.63) is 60.0 Å². The van der Waals surface area contributed by atoms with Gasteiger partial charge < -0.3 is 24.5 Å². The molecule has 0 spiro atoms. The lowest BCUT2D eigenvalue weighted by Gasteiger charge is -2.15. The van der Waals surface area contributed by atoms with E-state index < -0.39 is 0 Å². The van der Waals surface area contributed by atoms with Gasteiger partial charge in [0.05, 0.1) is 39.8 Å². The summed E-state index contributed by atoms with van der Waals surface area (Å²) < 4.78 is 16.2. The number of aromatic amines is 1. The van der Waals surface area contributed by atoms with Crippen LogP contribution in [0.3, 0.4) is 0 Å². The van der Waals surface area contributed by atoms with E-state index in [1.807, 2.05) is 36.5 Å². The molecule has 0 fully saturated rings. The third-order valence-corrected chi connectivity index (χ3v) is 4.11. The number of hydrogen-bond donors (Lipinski definition) is 2. The number of aromatic nitrogens is 2. The zero-order chi connectivity index (χ0) is 18.4. The zero-order valence-electron chi connectivity index (χ0n) is 15.2. The molecule has 0 aliphatic rings. The number of ether oxygens (including phenoxy) is 3. The van der Waals surface area contributed by atoms with E-state index in [0.29, 0.717) is 30.3 Å². The molecular weight excluding hydrogens is 330 g/mol. The van der Waals surface area contributed by atoms with E-state index in [9.17, 15) is 0 Å². The molecule has 0 aliphatic heterocycles. The van der Waals surface area contributed by atoms with Gasteiger partial charge in [0, 0.05) is 12.1 Å². The number of methoxy groups -OCH3 is 3. The molecule has 0 unspecified atom stereocenters. The number of benzene rings is 2. The van der Waals surface area contributed by atoms with Crippen LogP contribution in [0.15, 0.2) is 48.7 Å². The van der Waals surface area contributed by atoms with Gasteiger partial charge in [0.25, 0.3) is 0 Å². The molecule has 136 valence electrons.